The Labute approximate surface area is 139 Å². The third kappa shape index (κ3) is 15.9. The van der Waals surface area contributed by atoms with Crippen LogP contribution in [-0.2, 0) is 4.79 Å². The first kappa shape index (κ1) is 21.5. The van der Waals surface area contributed by atoms with Crippen LogP contribution in [0.4, 0.5) is 0 Å². The van der Waals surface area contributed by atoms with E-state index in [1.54, 1.807) is 0 Å². The lowest BCUT2D eigenvalue weighted by molar-refractivity contribution is -0.305. The second kappa shape index (κ2) is 16.8. The summed E-state index contributed by atoms with van der Waals surface area (Å²) in [5.41, 5.74) is 0. The first-order chi connectivity index (χ1) is 10.7. The van der Waals surface area contributed by atoms with E-state index in [1.165, 1.54) is 83.5 Å². The van der Waals surface area contributed by atoms with Crippen LogP contribution >= 0.6 is 0 Å². The molecular formula is C20H39O2-. The Morgan fingerprint density at radius 1 is 0.727 bits per heavy atom. The molecule has 0 saturated heterocycles. The van der Waals surface area contributed by atoms with Gasteiger partial charge in [-0.2, -0.15) is 0 Å². The van der Waals surface area contributed by atoms with Crippen molar-refractivity contribution in [1.82, 2.24) is 0 Å². The van der Waals surface area contributed by atoms with Crippen molar-refractivity contribution in [3.63, 3.8) is 0 Å². The third-order valence-corrected chi connectivity index (χ3v) is 4.79. The molecule has 1 unspecified atom stereocenters. The van der Waals surface area contributed by atoms with Crippen molar-refractivity contribution in [2.45, 2.75) is 117 Å². The van der Waals surface area contributed by atoms with Gasteiger partial charge in [0.2, 0.25) is 0 Å². The summed E-state index contributed by atoms with van der Waals surface area (Å²) in [5.74, 6) is 0.0322. The Hall–Kier alpha value is -0.530. The molecular weight excluding hydrogens is 272 g/mol. The van der Waals surface area contributed by atoms with Gasteiger partial charge in [0.05, 0.1) is 0 Å². The highest BCUT2D eigenvalue weighted by Gasteiger charge is 2.05. The molecule has 22 heavy (non-hydrogen) atoms. The van der Waals surface area contributed by atoms with Crippen molar-refractivity contribution >= 4 is 5.97 Å². The van der Waals surface area contributed by atoms with E-state index in [1.807, 2.05) is 0 Å². The molecule has 0 N–H and O–H groups in total. The van der Waals surface area contributed by atoms with Gasteiger partial charge in [-0.3, -0.25) is 0 Å². The zero-order chi connectivity index (χ0) is 16.5. The van der Waals surface area contributed by atoms with E-state index in [0.717, 1.165) is 18.8 Å². The van der Waals surface area contributed by atoms with Gasteiger partial charge in [0.1, 0.15) is 0 Å². The zero-order valence-corrected chi connectivity index (χ0v) is 15.2. The highest BCUT2D eigenvalue weighted by atomic mass is 16.4. The maximum Gasteiger partial charge on any atom is 0.0414 e. The minimum absolute atomic E-state index is 0.232. The Kier molecular flexibility index (Phi) is 16.4. The summed E-state index contributed by atoms with van der Waals surface area (Å²) in [7, 11) is 0. The summed E-state index contributed by atoms with van der Waals surface area (Å²) >= 11 is 0. The highest BCUT2D eigenvalue weighted by Crippen LogP contribution is 2.21. The second-order valence-electron chi connectivity index (χ2n) is 6.86. The van der Waals surface area contributed by atoms with Crippen LogP contribution < -0.4 is 5.11 Å². The number of carboxylic acid groups (broad SMARTS) is 1. The highest BCUT2D eigenvalue weighted by molar-refractivity contribution is 5.63. The first-order valence-electron chi connectivity index (χ1n) is 9.90. The predicted octanol–water partition coefficient (Wildman–Crippen LogP) is 5.63. The minimum Gasteiger partial charge on any atom is -0.550 e. The van der Waals surface area contributed by atoms with Crippen LogP contribution in [0.25, 0.3) is 0 Å². The van der Waals surface area contributed by atoms with Crippen LogP contribution in [0.15, 0.2) is 0 Å². The van der Waals surface area contributed by atoms with Crippen molar-refractivity contribution in [1.29, 1.82) is 0 Å². The van der Waals surface area contributed by atoms with Gasteiger partial charge in [0, 0.05) is 5.97 Å². The lowest BCUT2D eigenvalue weighted by Gasteiger charge is -2.14. The first-order valence-corrected chi connectivity index (χ1v) is 9.90. The molecule has 2 nitrogen and oxygen atoms in total. The Balaban J connectivity index is 3.33. The lowest BCUT2D eigenvalue weighted by Crippen LogP contribution is -2.21. The fourth-order valence-corrected chi connectivity index (χ4v) is 3.18. The van der Waals surface area contributed by atoms with Crippen LogP contribution in [0.5, 0.6) is 0 Å². The van der Waals surface area contributed by atoms with Crippen LogP contribution in [0.1, 0.15) is 117 Å². The molecule has 0 aliphatic rings. The molecule has 0 aromatic rings. The van der Waals surface area contributed by atoms with E-state index in [2.05, 4.69) is 13.8 Å². The summed E-state index contributed by atoms with van der Waals surface area (Å²) in [6.45, 7) is 4.61. The molecule has 0 bridgehead atoms. The Morgan fingerprint density at radius 3 is 1.64 bits per heavy atom. The number of carboxylic acids is 1. The topological polar surface area (TPSA) is 40.1 Å². The smallest absolute Gasteiger partial charge is 0.0414 e. The molecule has 132 valence electrons. The summed E-state index contributed by atoms with van der Waals surface area (Å²) in [5, 5.41) is 10.3. The third-order valence-electron chi connectivity index (χ3n) is 4.79. The van der Waals surface area contributed by atoms with E-state index in [4.69, 9.17) is 0 Å². The molecule has 0 radical (unpaired) electrons. The van der Waals surface area contributed by atoms with Crippen molar-refractivity contribution in [2.75, 3.05) is 0 Å². The number of unbranched alkanes of at least 4 members (excludes halogenated alkanes) is 10. The SMILES string of the molecule is CCCCCCCCC(CC)CCCCCCCCC(=O)[O-]. The molecule has 1 atom stereocenters. The largest absolute Gasteiger partial charge is 0.550 e. The van der Waals surface area contributed by atoms with E-state index < -0.39 is 5.97 Å². The van der Waals surface area contributed by atoms with Gasteiger partial charge in [-0.15, -0.1) is 0 Å². The number of hydrogen-bond acceptors (Lipinski definition) is 2. The van der Waals surface area contributed by atoms with Crippen LogP contribution in [0.2, 0.25) is 0 Å². The summed E-state index contributed by atoms with van der Waals surface area (Å²) < 4.78 is 0. The number of hydrogen-bond donors (Lipinski definition) is 0. The fourth-order valence-electron chi connectivity index (χ4n) is 3.18. The maximum atomic E-state index is 10.3. The van der Waals surface area contributed by atoms with Gasteiger partial charge in [-0.25, -0.2) is 0 Å². The average Bonchev–Trinajstić information content (AvgIpc) is 2.50. The predicted molar refractivity (Wildman–Crippen MR) is 93.7 cm³/mol. The monoisotopic (exact) mass is 311 g/mol. The zero-order valence-electron chi connectivity index (χ0n) is 15.2. The molecule has 0 aliphatic heterocycles. The van der Waals surface area contributed by atoms with E-state index in [0.29, 0.717) is 0 Å². The Morgan fingerprint density at radius 2 is 1.18 bits per heavy atom. The Bertz CT molecular complexity index is 238. The molecule has 2 heteroatoms. The molecule has 0 spiro atoms. The number of carbonyl (C=O) groups excluding carboxylic acids is 1. The van der Waals surface area contributed by atoms with Crippen molar-refractivity contribution in [3.8, 4) is 0 Å². The summed E-state index contributed by atoms with van der Waals surface area (Å²) in [4.78, 5) is 10.3. The number of rotatable bonds is 17. The van der Waals surface area contributed by atoms with E-state index in [9.17, 15) is 9.90 Å². The van der Waals surface area contributed by atoms with Crippen LogP contribution in [-0.4, -0.2) is 5.97 Å². The summed E-state index contributed by atoms with van der Waals surface area (Å²) in [6, 6.07) is 0. The molecule has 0 aromatic heterocycles. The summed E-state index contributed by atoms with van der Waals surface area (Å²) in [6.07, 6.45) is 19.8. The molecule has 0 aromatic carbocycles. The van der Waals surface area contributed by atoms with E-state index in [-0.39, 0.29) is 6.42 Å². The van der Waals surface area contributed by atoms with Gasteiger partial charge in [-0.05, 0) is 18.8 Å². The quantitative estimate of drug-likeness (QED) is 0.326. The van der Waals surface area contributed by atoms with Gasteiger partial charge in [-0.1, -0.05) is 104 Å². The van der Waals surface area contributed by atoms with Gasteiger partial charge in [0.15, 0.2) is 0 Å². The average molecular weight is 312 g/mol. The molecule has 0 fully saturated rings. The van der Waals surface area contributed by atoms with Crippen LogP contribution in [0.3, 0.4) is 0 Å². The maximum absolute atomic E-state index is 10.3. The van der Waals surface area contributed by atoms with Crippen molar-refractivity contribution in [3.05, 3.63) is 0 Å². The van der Waals surface area contributed by atoms with Crippen LogP contribution in [0, 0.1) is 5.92 Å². The second-order valence-corrected chi connectivity index (χ2v) is 6.86. The standard InChI is InChI=1S/C20H40O2/c1-3-5-6-7-10-13-16-19(4-2)17-14-11-8-9-12-15-18-20(21)22/h19H,3-18H2,1-2H3,(H,21,22)/p-1. The molecule has 0 aliphatic carbocycles. The van der Waals surface area contributed by atoms with Gasteiger partial charge in [0.25, 0.3) is 0 Å². The molecule has 0 saturated carbocycles. The molecule has 0 heterocycles. The molecule has 0 amide bonds. The number of carbonyl (C=O) groups is 1. The molecule has 0 rings (SSSR count). The van der Waals surface area contributed by atoms with Gasteiger partial charge < -0.3 is 9.90 Å². The van der Waals surface area contributed by atoms with Crippen molar-refractivity contribution in [2.24, 2.45) is 5.92 Å². The van der Waals surface area contributed by atoms with Crippen molar-refractivity contribution < 1.29 is 9.90 Å². The number of aliphatic carboxylic acids is 1. The normalized spacial score (nSPS) is 12.5. The van der Waals surface area contributed by atoms with E-state index >= 15 is 0 Å². The fraction of sp³-hybridized carbons (Fsp3) is 0.950. The minimum atomic E-state index is -0.902. The van der Waals surface area contributed by atoms with Gasteiger partial charge >= 0.3 is 0 Å². The lowest BCUT2D eigenvalue weighted by atomic mass is 9.92.